The van der Waals surface area contributed by atoms with E-state index in [0.29, 0.717) is 27.9 Å². The minimum Gasteiger partial charge on any atom is -0.508 e. The highest BCUT2D eigenvalue weighted by Crippen LogP contribution is 2.30. The second-order valence-corrected chi connectivity index (χ2v) is 8.95. The van der Waals surface area contributed by atoms with E-state index in [1.807, 2.05) is 12.1 Å². The summed E-state index contributed by atoms with van der Waals surface area (Å²) in [6, 6.07) is 20.1. The lowest BCUT2D eigenvalue weighted by atomic mass is 9.94. The number of phenolic OH excluding ortho intramolecular Hbond substituents is 1. The first-order valence-corrected chi connectivity index (χ1v) is 11.9. The van der Waals surface area contributed by atoms with Crippen LogP contribution in [0.5, 0.6) is 5.75 Å². The maximum atomic E-state index is 14.0. The number of nitrogens with one attached hydrogen (secondary N) is 2. The number of carbonyl (C=O) groups is 1. The van der Waals surface area contributed by atoms with Gasteiger partial charge in [0.25, 0.3) is 0 Å². The molecule has 188 valence electrons. The number of H-pyrrole nitrogens is 1. The van der Waals surface area contributed by atoms with Gasteiger partial charge in [0.1, 0.15) is 17.4 Å². The molecule has 0 fully saturated rings. The van der Waals surface area contributed by atoms with E-state index in [9.17, 15) is 23.9 Å². The molecule has 1 unspecified atom stereocenters. The molecule has 38 heavy (non-hydrogen) atoms. The number of pyridine rings is 1. The second kappa shape index (κ2) is 10.5. The zero-order valence-electron chi connectivity index (χ0n) is 20.1. The summed E-state index contributed by atoms with van der Waals surface area (Å²) in [5.41, 5.74) is 4.19. The molecule has 0 saturated carbocycles. The molecule has 5 rings (SSSR count). The van der Waals surface area contributed by atoms with Gasteiger partial charge in [-0.1, -0.05) is 18.2 Å². The van der Waals surface area contributed by atoms with Crippen LogP contribution in [0.3, 0.4) is 0 Å². The van der Waals surface area contributed by atoms with Gasteiger partial charge in [-0.15, -0.1) is 0 Å². The first kappa shape index (κ1) is 24.7. The van der Waals surface area contributed by atoms with Crippen molar-refractivity contribution < 1.29 is 18.7 Å². The standard InChI is InChI=1S/C30H22F2N4O2/c31-22-10-19(11-23(32)14-22)12-28(30-25(5-2-8-34-30)20-4-1-3-18(9-20)16-33)36-29(38)13-21-17-35-27-7-6-24(37)15-26(21)27/h1-11,14-15,17,28,35,37H,12-13H2,(H,36,38). The molecule has 0 aliphatic rings. The number of nitriles is 1. The highest BCUT2D eigenvalue weighted by Gasteiger charge is 2.22. The van der Waals surface area contributed by atoms with Crippen LogP contribution >= 0.6 is 0 Å². The quantitative estimate of drug-likeness (QED) is 0.261. The Bertz CT molecular complexity index is 1670. The number of amides is 1. The summed E-state index contributed by atoms with van der Waals surface area (Å²) < 4.78 is 28.0. The molecule has 8 heteroatoms. The maximum Gasteiger partial charge on any atom is 0.225 e. The number of phenols is 1. The van der Waals surface area contributed by atoms with Crippen molar-refractivity contribution >= 4 is 16.8 Å². The molecule has 1 atom stereocenters. The number of halogens is 2. The number of aromatic nitrogens is 2. The molecule has 0 aliphatic carbocycles. The summed E-state index contributed by atoms with van der Waals surface area (Å²) in [4.78, 5) is 20.9. The number of hydrogen-bond donors (Lipinski definition) is 3. The molecule has 2 heterocycles. The minimum atomic E-state index is -0.732. The summed E-state index contributed by atoms with van der Waals surface area (Å²) in [5, 5.41) is 22.9. The van der Waals surface area contributed by atoms with Gasteiger partial charge in [0.15, 0.2) is 0 Å². The van der Waals surface area contributed by atoms with Gasteiger partial charge in [0.2, 0.25) is 5.91 Å². The van der Waals surface area contributed by atoms with Crippen molar-refractivity contribution in [1.82, 2.24) is 15.3 Å². The van der Waals surface area contributed by atoms with Crippen LogP contribution in [0.25, 0.3) is 22.0 Å². The summed E-state index contributed by atoms with van der Waals surface area (Å²) in [6.45, 7) is 0. The van der Waals surface area contributed by atoms with Gasteiger partial charge >= 0.3 is 0 Å². The van der Waals surface area contributed by atoms with Crippen molar-refractivity contribution in [2.45, 2.75) is 18.9 Å². The third-order valence-electron chi connectivity index (χ3n) is 6.27. The average molecular weight is 509 g/mol. The Balaban J connectivity index is 1.51. The molecule has 3 aromatic carbocycles. The van der Waals surface area contributed by atoms with Gasteiger partial charge in [-0.25, -0.2) is 8.78 Å². The van der Waals surface area contributed by atoms with Crippen molar-refractivity contribution in [1.29, 1.82) is 5.26 Å². The van der Waals surface area contributed by atoms with E-state index in [0.717, 1.165) is 22.5 Å². The van der Waals surface area contributed by atoms with E-state index in [1.54, 1.807) is 54.9 Å². The molecule has 0 radical (unpaired) electrons. The summed E-state index contributed by atoms with van der Waals surface area (Å²) >= 11 is 0. The zero-order chi connectivity index (χ0) is 26.6. The molecule has 0 bridgehead atoms. The molecule has 2 aromatic heterocycles. The van der Waals surface area contributed by atoms with Crippen LogP contribution in [0.1, 0.15) is 28.4 Å². The molecule has 6 nitrogen and oxygen atoms in total. The normalized spacial score (nSPS) is 11.7. The first-order chi connectivity index (χ1) is 18.4. The van der Waals surface area contributed by atoms with Crippen LogP contribution in [0.2, 0.25) is 0 Å². The lowest BCUT2D eigenvalue weighted by Crippen LogP contribution is -2.32. The van der Waals surface area contributed by atoms with E-state index in [1.165, 1.54) is 12.1 Å². The van der Waals surface area contributed by atoms with Crippen molar-refractivity contribution in [2.75, 3.05) is 0 Å². The van der Waals surface area contributed by atoms with Crippen LogP contribution in [0.15, 0.2) is 85.2 Å². The van der Waals surface area contributed by atoms with Crippen LogP contribution in [0.4, 0.5) is 8.78 Å². The molecule has 5 aromatic rings. The summed E-state index contributed by atoms with van der Waals surface area (Å²) in [7, 11) is 0. The predicted octanol–water partition coefficient (Wildman–Crippen LogP) is 5.73. The van der Waals surface area contributed by atoms with Crippen molar-refractivity contribution in [2.24, 2.45) is 0 Å². The lowest BCUT2D eigenvalue weighted by Gasteiger charge is -2.22. The minimum absolute atomic E-state index is 0.00352. The van der Waals surface area contributed by atoms with E-state index in [-0.39, 0.29) is 24.5 Å². The van der Waals surface area contributed by atoms with Gasteiger partial charge in [-0.2, -0.15) is 5.26 Å². The number of benzene rings is 3. The van der Waals surface area contributed by atoms with Crippen molar-refractivity contribution in [3.05, 3.63) is 119 Å². The van der Waals surface area contributed by atoms with Gasteiger partial charge in [-0.05, 0) is 71.6 Å². The van der Waals surface area contributed by atoms with E-state index in [4.69, 9.17) is 0 Å². The number of carbonyl (C=O) groups excluding carboxylic acids is 1. The van der Waals surface area contributed by atoms with Crippen LogP contribution in [-0.4, -0.2) is 21.0 Å². The largest absolute Gasteiger partial charge is 0.508 e. The number of hydrogen-bond acceptors (Lipinski definition) is 4. The number of rotatable bonds is 7. The van der Waals surface area contributed by atoms with Gasteiger partial charge < -0.3 is 15.4 Å². The van der Waals surface area contributed by atoms with E-state index < -0.39 is 17.7 Å². The van der Waals surface area contributed by atoms with Gasteiger partial charge in [0, 0.05) is 34.9 Å². The number of aromatic hydroxyl groups is 1. The Morgan fingerprint density at radius 3 is 2.66 bits per heavy atom. The highest BCUT2D eigenvalue weighted by atomic mass is 19.1. The molecule has 0 spiro atoms. The van der Waals surface area contributed by atoms with Gasteiger partial charge in [-0.3, -0.25) is 9.78 Å². The maximum absolute atomic E-state index is 14.0. The molecule has 3 N–H and O–H groups in total. The summed E-state index contributed by atoms with van der Waals surface area (Å²) in [6.07, 6.45) is 3.38. The molecule has 1 amide bonds. The van der Waals surface area contributed by atoms with E-state index >= 15 is 0 Å². The fourth-order valence-corrected chi connectivity index (χ4v) is 4.61. The Hall–Kier alpha value is -5.03. The smallest absolute Gasteiger partial charge is 0.225 e. The van der Waals surface area contributed by atoms with Crippen molar-refractivity contribution in [3.63, 3.8) is 0 Å². The molecular weight excluding hydrogens is 486 g/mol. The SMILES string of the molecule is N#Cc1cccc(-c2cccnc2C(Cc2cc(F)cc(F)c2)NC(=O)Cc2c[nH]c3ccc(O)cc23)c1. The average Bonchev–Trinajstić information content (AvgIpc) is 3.29. The predicted molar refractivity (Wildman–Crippen MR) is 139 cm³/mol. The van der Waals surface area contributed by atoms with Crippen LogP contribution in [-0.2, 0) is 17.6 Å². The van der Waals surface area contributed by atoms with Gasteiger partial charge in [0.05, 0.1) is 29.8 Å². The number of fused-ring (bicyclic) bond motifs is 1. The molecule has 0 saturated heterocycles. The Morgan fingerprint density at radius 1 is 1.05 bits per heavy atom. The van der Waals surface area contributed by atoms with Crippen molar-refractivity contribution in [3.8, 4) is 22.9 Å². The Morgan fingerprint density at radius 2 is 1.87 bits per heavy atom. The number of aromatic amines is 1. The highest BCUT2D eigenvalue weighted by molar-refractivity contribution is 5.90. The molecular formula is C30H22F2N4O2. The third-order valence-corrected chi connectivity index (χ3v) is 6.27. The summed E-state index contributed by atoms with van der Waals surface area (Å²) in [5.74, 6) is -1.68. The monoisotopic (exact) mass is 508 g/mol. The fraction of sp³-hybridized carbons (Fsp3) is 0.100. The molecule has 0 aliphatic heterocycles. The topological polar surface area (TPSA) is 102 Å². The number of nitrogens with zero attached hydrogens (tertiary/aromatic N) is 2. The Kier molecular flexibility index (Phi) is 6.83. The van der Waals surface area contributed by atoms with Crippen LogP contribution in [0, 0.1) is 23.0 Å². The van der Waals surface area contributed by atoms with Crippen LogP contribution < -0.4 is 5.32 Å². The second-order valence-electron chi connectivity index (χ2n) is 8.95. The van der Waals surface area contributed by atoms with E-state index in [2.05, 4.69) is 21.4 Å². The zero-order valence-corrected chi connectivity index (χ0v) is 20.1. The Labute approximate surface area is 217 Å². The fourth-order valence-electron chi connectivity index (χ4n) is 4.61. The first-order valence-electron chi connectivity index (χ1n) is 11.9. The lowest BCUT2D eigenvalue weighted by molar-refractivity contribution is -0.121. The third kappa shape index (κ3) is 5.37.